The number of hydrogen-bond acceptors (Lipinski definition) is 4. The quantitative estimate of drug-likeness (QED) is 0.326. The number of amidine groups is 1. The van der Waals surface area contributed by atoms with Gasteiger partial charge in [-0.1, -0.05) is 5.16 Å². The highest BCUT2D eigenvalue weighted by atomic mass is 19.1. The Bertz CT molecular complexity index is 503. The highest BCUT2D eigenvalue weighted by Crippen LogP contribution is 2.28. The normalized spacial score (nSPS) is 24.6. The number of oxime groups is 1. The van der Waals surface area contributed by atoms with Crippen LogP contribution in [0.15, 0.2) is 23.4 Å². The summed E-state index contributed by atoms with van der Waals surface area (Å²) < 4.78 is 14.1. The third-order valence-corrected chi connectivity index (χ3v) is 3.37. The highest BCUT2D eigenvalue weighted by molar-refractivity contribution is 5.97. The summed E-state index contributed by atoms with van der Waals surface area (Å²) in [4.78, 5) is 1.81. The summed E-state index contributed by atoms with van der Waals surface area (Å²) >= 11 is 0. The first-order valence-corrected chi connectivity index (χ1v) is 6.18. The number of nitrogens with two attached hydrogens (primary N) is 1. The van der Waals surface area contributed by atoms with Gasteiger partial charge in [-0.2, -0.15) is 0 Å². The Morgan fingerprint density at radius 2 is 2.26 bits per heavy atom. The maximum atomic E-state index is 14.1. The molecule has 2 rings (SSSR count). The van der Waals surface area contributed by atoms with E-state index in [4.69, 9.17) is 10.9 Å². The summed E-state index contributed by atoms with van der Waals surface area (Å²) in [5, 5.41) is 21.4. The molecule has 4 N–H and O–H groups in total. The Morgan fingerprint density at radius 1 is 1.53 bits per heavy atom. The number of aliphatic hydroxyl groups is 1. The van der Waals surface area contributed by atoms with Crippen molar-refractivity contribution in [3.63, 3.8) is 0 Å². The fourth-order valence-corrected chi connectivity index (χ4v) is 2.41. The van der Waals surface area contributed by atoms with Crippen molar-refractivity contribution < 1.29 is 14.7 Å². The molecule has 0 bridgehead atoms. The summed E-state index contributed by atoms with van der Waals surface area (Å²) in [6, 6.07) is 4.41. The van der Waals surface area contributed by atoms with Crippen LogP contribution in [-0.4, -0.2) is 34.8 Å². The average molecular weight is 267 g/mol. The molecule has 0 aromatic heterocycles. The first kappa shape index (κ1) is 13.6. The molecule has 0 spiro atoms. The number of rotatable bonds is 2. The van der Waals surface area contributed by atoms with Gasteiger partial charge in [0.15, 0.2) is 5.84 Å². The standard InChI is InChI=1S/C13H18FN3O2/c1-13(18)5-2-6-17(8-13)11-4-3-9(7-10(11)14)12(15)16-19/h3-4,7,18-19H,2,5-6,8H2,1H3,(H2,15,16). The summed E-state index contributed by atoms with van der Waals surface area (Å²) in [6.45, 7) is 2.85. The topological polar surface area (TPSA) is 82.1 Å². The lowest BCUT2D eigenvalue weighted by Gasteiger charge is -2.38. The molecular formula is C13H18FN3O2. The van der Waals surface area contributed by atoms with Crippen LogP contribution >= 0.6 is 0 Å². The second kappa shape index (κ2) is 5.05. The molecule has 1 atom stereocenters. The van der Waals surface area contributed by atoms with E-state index in [2.05, 4.69) is 5.16 Å². The molecule has 104 valence electrons. The average Bonchev–Trinajstić information content (AvgIpc) is 2.36. The van der Waals surface area contributed by atoms with Crippen LogP contribution in [0.4, 0.5) is 10.1 Å². The summed E-state index contributed by atoms with van der Waals surface area (Å²) in [7, 11) is 0. The van der Waals surface area contributed by atoms with Crippen LogP contribution in [0.25, 0.3) is 0 Å². The molecule has 1 aliphatic rings. The van der Waals surface area contributed by atoms with E-state index in [0.29, 0.717) is 30.8 Å². The van der Waals surface area contributed by atoms with Gasteiger partial charge in [-0.3, -0.25) is 0 Å². The van der Waals surface area contributed by atoms with Crippen LogP contribution in [0.3, 0.4) is 0 Å². The summed E-state index contributed by atoms with van der Waals surface area (Å²) in [5.41, 5.74) is 5.37. The Balaban J connectivity index is 2.26. The van der Waals surface area contributed by atoms with E-state index >= 15 is 0 Å². The number of halogens is 1. The number of benzene rings is 1. The minimum Gasteiger partial charge on any atom is -0.409 e. The first-order valence-electron chi connectivity index (χ1n) is 6.18. The van der Waals surface area contributed by atoms with Crippen molar-refractivity contribution in [2.75, 3.05) is 18.0 Å². The van der Waals surface area contributed by atoms with Gasteiger partial charge in [0.1, 0.15) is 5.82 Å². The predicted octanol–water partition coefficient (Wildman–Crippen LogP) is 1.27. The number of hydrogen-bond donors (Lipinski definition) is 3. The van der Waals surface area contributed by atoms with Crippen molar-refractivity contribution in [1.29, 1.82) is 0 Å². The van der Waals surface area contributed by atoms with Gasteiger partial charge in [-0.25, -0.2) is 4.39 Å². The van der Waals surface area contributed by atoms with Crippen molar-refractivity contribution in [1.82, 2.24) is 0 Å². The van der Waals surface area contributed by atoms with Crippen LogP contribution in [-0.2, 0) is 0 Å². The Hall–Kier alpha value is -1.82. The molecule has 0 saturated carbocycles. The molecule has 1 aliphatic heterocycles. The zero-order chi connectivity index (χ0) is 14.0. The van der Waals surface area contributed by atoms with Gasteiger partial charge in [0.05, 0.1) is 11.3 Å². The van der Waals surface area contributed by atoms with Crippen molar-refractivity contribution in [3.8, 4) is 0 Å². The van der Waals surface area contributed by atoms with Gasteiger partial charge in [-0.15, -0.1) is 0 Å². The number of piperidine rings is 1. The molecule has 6 heteroatoms. The second-order valence-electron chi connectivity index (χ2n) is 5.17. The molecule has 1 saturated heterocycles. The zero-order valence-corrected chi connectivity index (χ0v) is 10.8. The first-order chi connectivity index (χ1) is 8.93. The second-order valence-corrected chi connectivity index (χ2v) is 5.17. The molecule has 1 unspecified atom stereocenters. The summed E-state index contributed by atoms with van der Waals surface area (Å²) in [6.07, 6.45) is 1.53. The van der Waals surface area contributed by atoms with Gasteiger partial charge in [0.25, 0.3) is 0 Å². The Kier molecular flexibility index (Phi) is 3.61. The van der Waals surface area contributed by atoms with Crippen LogP contribution in [0.1, 0.15) is 25.3 Å². The zero-order valence-electron chi connectivity index (χ0n) is 10.8. The number of β-amino-alcohol motifs (C(OH)–C–C–N with tert-alkyl or cyclic N) is 1. The maximum absolute atomic E-state index is 14.1. The third kappa shape index (κ3) is 2.96. The smallest absolute Gasteiger partial charge is 0.170 e. The fraction of sp³-hybridized carbons (Fsp3) is 0.462. The Morgan fingerprint density at radius 3 is 2.84 bits per heavy atom. The Labute approximate surface area is 111 Å². The lowest BCUT2D eigenvalue weighted by molar-refractivity contribution is 0.0447. The van der Waals surface area contributed by atoms with Crippen LogP contribution < -0.4 is 10.6 Å². The molecular weight excluding hydrogens is 249 g/mol. The van der Waals surface area contributed by atoms with Crippen LogP contribution in [0.2, 0.25) is 0 Å². The van der Waals surface area contributed by atoms with Crippen molar-refractivity contribution in [3.05, 3.63) is 29.6 Å². The van der Waals surface area contributed by atoms with Gasteiger partial charge in [0.2, 0.25) is 0 Å². The molecule has 1 aromatic carbocycles. The van der Waals surface area contributed by atoms with E-state index in [-0.39, 0.29) is 5.84 Å². The molecule has 0 radical (unpaired) electrons. The monoisotopic (exact) mass is 267 g/mol. The van der Waals surface area contributed by atoms with Gasteiger partial charge >= 0.3 is 0 Å². The molecule has 1 aromatic rings. The third-order valence-electron chi connectivity index (χ3n) is 3.37. The van der Waals surface area contributed by atoms with E-state index in [9.17, 15) is 9.50 Å². The van der Waals surface area contributed by atoms with Gasteiger partial charge in [-0.05, 0) is 38.0 Å². The lowest BCUT2D eigenvalue weighted by Crippen LogP contribution is -2.46. The molecule has 5 nitrogen and oxygen atoms in total. The van der Waals surface area contributed by atoms with Gasteiger partial charge in [0, 0.05) is 18.7 Å². The molecule has 0 aliphatic carbocycles. The van der Waals surface area contributed by atoms with E-state index < -0.39 is 11.4 Å². The SMILES string of the molecule is CC1(O)CCCN(c2ccc(/C(N)=N/O)cc2F)C1. The molecule has 19 heavy (non-hydrogen) atoms. The van der Waals surface area contributed by atoms with Gasteiger partial charge < -0.3 is 20.9 Å². The van der Waals surface area contributed by atoms with Crippen molar-refractivity contribution >= 4 is 11.5 Å². The molecule has 1 fully saturated rings. The predicted molar refractivity (Wildman–Crippen MR) is 71.0 cm³/mol. The highest BCUT2D eigenvalue weighted by Gasteiger charge is 2.29. The van der Waals surface area contributed by atoms with Crippen LogP contribution in [0, 0.1) is 5.82 Å². The number of nitrogens with zero attached hydrogens (tertiary/aromatic N) is 2. The van der Waals surface area contributed by atoms with E-state index in [1.165, 1.54) is 6.07 Å². The minimum absolute atomic E-state index is 0.129. The lowest BCUT2D eigenvalue weighted by atomic mass is 9.94. The fourth-order valence-electron chi connectivity index (χ4n) is 2.41. The molecule has 0 amide bonds. The van der Waals surface area contributed by atoms with Crippen molar-refractivity contribution in [2.24, 2.45) is 10.9 Å². The van der Waals surface area contributed by atoms with Crippen molar-refractivity contribution in [2.45, 2.75) is 25.4 Å². The largest absolute Gasteiger partial charge is 0.409 e. The number of anilines is 1. The van der Waals surface area contributed by atoms with Crippen LogP contribution in [0.5, 0.6) is 0 Å². The van der Waals surface area contributed by atoms with E-state index in [1.54, 1.807) is 19.1 Å². The minimum atomic E-state index is -0.797. The molecule has 1 heterocycles. The van der Waals surface area contributed by atoms with E-state index in [0.717, 1.165) is 6.42 Å². The summed E-state index contributed by atoms with van der Waals surface area (Å²) in [5.74, 6) is -0.571. The maximum Gasteiger partial charge on any atom is 0.170 e. The van der Waals surface area contributed by atoms with E-state index in [1.807, 2.05) is 4.90 Å².